The molecule has 4 atom stereocenters. The lowest BCUT2D eigenvalue weighted by atomic mass is 10.0. The van der Waals surface area contributed by atoms with Crippen molar-refractivity contribution in [1.82, 2.24) is 20.9 Å². The number of amides is 3. The molecule has 0 aliphatic rings. The Morgan fingerprint density at radius 2 is 1.52 bits per heavy atom. The number of aromatic nitrogens is 1. The van der Waals surface area contributed by atoms with Gasteiger partial charge in [-0.25, -0.2) is 4.79 Å². The first-order valence-electron chi connectivity index (χ1n) is 13.4. The van der Waals surface area contributed by atoms with Crippen molar-refractivity contribution in [2.45, 2.75) is 63.2 Å². The highest BCUT2D eigenvalue weighted by molar-refractivity contribution is 5.94. The highest BCUT2D eigenvalue weighted by Crippen LogP contribution is 2.19. The van der Waals surface area contributed by atoms with E-state index in [9.17, 15) is 24.3 Å². The standard InChI is InChI=1S/C29H38N6O5/c1-18(26(36)35-25(29(39)40)16-20-17-32-23-13-6-5-11-21(20)23)33-28(38)24(15-19-9-3-2-4-10-19)34-27(37)22(31)12-7-8-14-30/h2-6,9-11,13,17-18,22,24-25,32H,7-8,12,14-16,30-31H2,1H3,(H,33,38)(H,34,37)(H,35,36)(H,39,40). The topological polar surface area (TPSA) is 192 Å². The molecule has 0 aliphatic heterocycles. The molecule has 1 heterocycles. The normalized spacial score (nSPS) is 14.1. The van der Waals surface area contributed by atoms with Gasteiger partial charge in [-0.3, -0.25) is 14.4 Å². The Balaban J connectivity index is 1.65. The van der Waals surface area contributed by atoms with E-state index in [4.69, 9.17) is 11.5 Å². The van der Waals surface area contributed by atoms with Gasteiger partial charge < -0.3 is 37.5 Å². The number of benzene rings is 2. The Hall–Kier alpha value is -4.22. The maximum atomic E-state index is 13.2. The molecule has 3 rings (SSSR count). The Bertz CT molecular complexity index is 1290. The van der Waals surface area contributed by atoms with Gasteiger partial charge in [-0.1, -0.05) is 55.0 Å². The zero-order chi connectivity index (χ0) is 29.1. The molecule has 0 aliphatic carbocycles. The van der Waals surface area contributed by atoms with E-state index in [1.165, 1.54) is 6.92 Å². The van der Waals surface area contributed by atoms with Gasteiger partial charge in [0.05, 0.1) is 6.04 Å². The van der Waals surface area contributed by atoms with Gasteiger partial charge in [0.1, 0.15) is 18.1 Å². The van der Waals surface area contributed by atoms with Crippen LogP contribution in [0.3, 0.4) is 0 Å². The second-order valence-electron chi connectivity index (χ2n) is 9.84. The maximum Gasteiger partial charge on any atom is 0.326 e. The number of hydrogen-bond donors (Lipinski definition) is 7. The number of aliphatic carboxylic acids is 1. The lowest BCUT2D eigenvalue weighted by Gasteiger charge is -2.24. The molecule has 0 bridgehead atoms. The number of carbonyl (C=O) groups is 4. The summed E-state index contributed by atoms with van der Waals surface area (Å²) >= 11 is 0. The number of hydrogen-bond acceptors (Lipinski definition) is 6. The maximum absolute atomic E-state index is 13.2. The molecule has 11 nitrogen and oxygen atoms in total. The third kappa shape index (κ3) is 8.65. The van der Waals surface area contributed by atoms with Crippen molar-refractivity contribution in [2.75, 3.05) is 6.54 Å². The molecular formula is C29H38N6O5. The summed E-state index contributed by atoms with van der Waals surface area (Å²) in [5.74, 6) is -2.92. The van der Waals surface area contributed by atoms with E-state index in [1.807, 2.05) is 54.6 Å². The van der Waals surface area contributed by atoms with Crippen molar-refractivity contribution in [2.24, 2.45) is 11.5 Å². The van der Waals surface area contributed by atoms with E-state index in [0.29, 0.717) is 19.4 Å². The largest absolute Gasteiger partial charge is 0.480 e. The second kappa shape index (κ2) is 14.8. The fourth-order valence-electron chi connectivity index (χ4n) is 4.37. The molecule has 214 valence electrons. The summed E-state index contributed by atoms with van der Waals surface area (Å²) in [6, 6.07) is 12.5. The molecule has 40 heavy (non-hydrogen) atoms. The molecule has 3 aromatic rings. The minimum Gasteiger partial charge on any atom is -0.480 e. The molecule has 11 heteroatoms. The van der Waals surface area contributed by atoms with Crippen LogP contribution in [0.15, 0.2) is 60.8 Å². The average Bonchev–Trinajstić information content (AvgIpc) is 3.35. The molecule has 0 fully saturated rings. The van der Waals surface area contributed by atoms with E-state index in [-0.39, 0.29) is 12.8 Å². The van der Waals surface area contributed by atoms with Crippen LogP contribution in [0.25, 0.3) is 10.9 Å². The predicted molar refractivity (Wildman–Crippen MR) is 152 cm³/mol. The van der Waals surface area contributed by atoms with Crippen LogP contribution in [0.2, 0.25) is 0 Å². The number of nitrogens with one attached hydrogen (secondary N) is 4. The number of carbonyl (C=O) groups excluding carboxylic acids is 3. The summed E-state index contributed by atoms with van der Waals surface area (Å²) in [4.78, 5) is 53.9. The number of fused-ring (bicyclic) bond motifs is 1. The van der Waals surface area contributed by atoms with Gasteiger partial charge in [0.25, 0.3) is 0 Å². The van der Waals surface area contributed by atoms with Gasteiger partial charge in [0, 0.05) is 29.9 Å². The molecule has 3 amide bonds. The lowest BCUT2D eigenvalue weighted by Crippen LogP contribution is -2.57. The number of rotatable bonds is 15. The van der Waals surface area contributed by atoms with Crippen LogP contribution in [-0.4, -0.2) is 64.5 Å². The third-order valence-corrected chi connectivity index (χ3v) is 6.69. The minimum absolute atomic E-state index is 0.0560. The highest BCUT2D eigenvalue weighted by atomic mass is 16.4. The minimum atomic E-state index is -1.21. The average molecular weight is 551 g/mol. The Kier molecular flexibility index (Phi) is 11.2. The van der Waals surface area contributed by atoms with Crippen molar-refractivity contribution >= 4 is 34.6 Å². The smallest absolute Gasteiger partial charge is 0.326 e. The highest BCUT2D eigenvalue weighted by Gasteiger charge is 2.29. The van der Waals surface area contributed by atoms with Crippen LogP contribution in [0.4, 0.5) is 0 Å². The van der Waals surface area contributed by atoms with E-state index in [2.05, 4.69) is 20.9 Å². The van der Waals surface area contributed by atoms with Gasteiger partial charge in [-0.15, -0.1) is 0 Å². The first-order valence-corrected chi connectivity index (χ1v) is 13.4. The monoisotopic (exact) mass is 550 g/mol. The molecule has 1 aromatic heterocycles. The second-order valence-corrected chi connectivity index (χ2v) is 9.84. The van der Waals surface area contributed by atoms with Crippen molar-refractivity contribution in [1.29, 1.82) is 0 Å². The molecule has 9 N–H and O–H groups in total. The summed E-state index contributed by atoms with van der Waals surface area (Å²) in [6.07, 6.45) is 3.80. The van der Waals surface area contributed by atoms with Gasteiger partial charge in [0.15, 0.2) is 0 Å². The van der Waals surface area contributed by atoms with Crippen LogP contribution in [0.5, 0.6) is 0 Å². The lowest BCUT2D eigenvalue weighted by molar-refractivity contribution is -0.142. The number of aromatic amines is 1. The zero-order valence-electron chi connectivity index (χ0n) is 22.6. The molecule has 0 spiro atoms. The Labute approximate surface area is 233 Å². The number of carboxylic acids is 1. The molecule has 4 unspecified atom stereocenters. The Morgan fingerprint density at radius 1 is 0.850 bits per heavy atom. The van der Waals surface area contributed by atoms with Gasteiger partial charge in [-0.2, -0.15) is 0 Å². The molecule has 0 saturated heterocycles. The van der Waals surface area contributed by atoms with Crippen LogP contribution in [-0.2, 0) is 32.0 Å². The van der Waals surface area contributed by atoms with Crippen LogP contribution < -0.4 is 27.4 Å². The fraction of sp³-hybridized carbons (Fsp3) is 0.379. The van der Waals surface area contributed by atoms with Crippen molar-refractivity contribution in [3.05, 3.63) is 71.9 Å². The van der Waals surface area contributed by atoms with E-state index < -0.39 is 47.9 Å². The molecular weight excluding hydrogens is 512 g/mol. The fourth-order valence-corrected chi connectivity index (χ4v) is 4.37. The summed E-state index contributed by atoms with van der Waals surface area (Å²) in [5, 5.41) is 18.5. The van der Waals surface area contributed by atoms with E-state index in [1.54, 1.807) is 6.20 Å². The van der Waals surface area contributed by atoms with Crippen molar-refractivity contribution in [3.8, 4) is 0 Å². The molecule has 0 radical (unpaired) electrons. The first kappa shape index (κ1) is 30.3. The number of H-pyrrole nitrogens is 1. The zero-order valence-corrected chi connectivity index (χ0v) is 22.6. The number of nitrogens with two attached hydrogens (primary N) is 2. The van der Waals surface area contributed by atoms with E-state index in [0.717, 1.165) is 28.5 Å². The van der Waals surface area contributed by atoms with Gasteiger partial charge in [0.2, 0.25) is 17.7 Å². The first-order chi connectivity index (χ1) is 19.2. The number of unbranched alkanes of at least 4 members (excludes halogenated alkanes) is 1. The summed E-state index contributed by atoms with van der Waals surface area (Å²) in [6.45, 7) is 1.95. The quantitative estimate of drug-likeness (QED) is 0.137. The predicted octanol–water partition coefficient (Wildman–Crippen LogP) is 0.968. The number of para-hydroxylation sites is 1. The van der Waals surface area contributed by atoms with Crippen LogP contribution in [0, 0.1) is 0 Å². The summed E-state index contributed by atoms with van der Waals surface area (Å²) < 4.78 is 0. The van der Waals surface area contributed by atoms with Crippen LogP contribution in [0.1, 0.15) is 37.3 Å². The summed E-state index contributed by atoms with van der Waals surface area (Å²) in [5.41, 5.74) is 13.9. The van der Waals surface area contributed by atoms with E-state index >= 15 is 0 Å². The van der Waals surface area contributed by atoms with Gasteiger partial charge in [-0.05, 0) is 43.5 Å². The van der Waals surface area contributed by atoms with Crippen molar-refractivity contribution < 1.29 is 24.3 Å². The van der Waals surface area contributed by atoms with Crippen molar-refractivity contribution in [3.63, 3.8) is 0 Å². The van der Waals surface area contributed by atoms with Gasteiger partial charge >= 0.3 is 5.97 Å². The molecule has 2 aromatic carbocycles. The summed E-state index contributed by atoms with van der Waals surface area (Å²) in [7, 11) is 0. The van der Waals surface area contributed by atoms with Crippen LogP contribution >= 0.6 is 0 Å². The third-order valence-electron chi connectivity index (χ3n) is 6.69. The SMILES string of the molecule is CC(NC(=O)C(Cc1ccccc1)NC(=O)C(N)CCCCN)C(=O)NC(Cc1c[nH]c2ccccc12)C(=O)O. The molecule has 0 saturated carbocycles. The Morgan fingerprint density at radius 3 is 2.23 bits per heavy atom. The number of carboxylic acid groups (broad SMARTS) is 1.